The van der Waals surface area contributed by atoms with Crippen molar-refractivity contribution in [1.82, 2.24) is 15.0 Å². The van der Waals surface area contributed by atoms with Crippen LogP contribution in [0.3, 0.4) is 0 Å². The quantitative estimate of drug-likeness (QED) is 0.541. The van der Waals surface area contributed by atoms with Gasteiger partial charge in [-0.05, 0) is 36.1 Å². The van der Waals surface area contributed by atoms with Gasteiger partial charge in [-0.3, -0.25) is 4.98 Å². The molecule has 0 bridgehead atoms. The highest BCUT2D eigenvalue weighted by Gasteiger charge is 2.21. The standard InChI is InChI=1S/C22H17N3/c1-3-9-18-15(6-1)11-12-16-7-2-4-10-19(16)21-20(18)24-22(25-21)17-8-5-13-23-14-17/h1-10,13-14H,11-12H2,(H,24,25). The van der Waals surface area contributed by atoms with Gasteiger partial charge < -0.3 is 4.98 Å². The zero-order valence-electron chi connectivity index (χ0n) is 13.7. The van der Waals surface area contributed by atoms with E-state index < -0.39 is 0 Å². The Labute approximate surface area is 146 Å². The number of rotatable bonds is 1. The molecule has 0 unspecified atom stereocenters. The molecular weight excluding hydrogens is 306 g/mol. The average molecular weight is 323 g/mol. The molecule has 3 nitrogen and oxygen atoms in total. The van der Waals surface area contributed by atoms with Crippen LogP contribution in [0.15, 0.2) is 73.1 Å². The Balaban J connectivity index is 1.81. The minimum atomic E-state index is 0.865. The summed E-state index contributed by atoms with van der Waals surface area (Å²) in [5.74, 6) is 0.865. The van der Waals surface area contributed by atoms with Crippen LogP contribution in [0.4, 0.5) is 0 Å². The molecule has 0 atom stereocenters. The Morgan fingerprint density at radius 2 is 1.48 bits per heavy atom. The zero-order valence-corrected chi connectivity index (χ0v) is 13.7. The second-order valence-corrected chi connectivity index (χ2v) is 6.37. The van der Waals surface area contributed by atoms with E-state index in [0.717, 1.165) is 35.6 Å². The second kappa shape index (κ2) is 5.71. The number of pyridine rings is 1. The molecule has 2 aromatic carbocycles. The van der Waals surface area contributed by atoms with Crippen molar-refractivity contribution >= 4 is 0 Å². The van der Waals surface area contributed by atoms with E-state index in [1.54, 1.807) is 6.20 Å². The molecule has 0 fully saturated rings. The maximum atomic E-state index is 4.97. The van der Waals surface area contributed by atoms with Crippen molar-refractivity contribution in [3.63, 3.8) is 0 Å². The molecular formula is C22H17N3. The van der Waals surface area contributed by atoms with Crippen molar-refractivity contribution in [3.8, 4) is 33.9 Å². The lowest BCUT2D eigenvalue weighted by molar-refractivity contribution is 0.958. The van der Waals surface area contributed by atoms with Gasteiger partial charge in [-0.25, -0.2) is 4.98 Å². The molecule has 2 heterocycles. The number of nitrogens with zero attached hydrogens (tertiary/aromatic N) is 2. The second-order valence-electron chi connectivity index (χ2n) is 6.37. The van der Waals surface area contributed by atoms with Crippen molar-refractivity contribution in [2.24, 2.45) is 0 Å². The largest absolute Gasteiger partial charge is 0.337 e. The van der Waals surface area contributed by atoms with Crippen LogP contribution in [0.5, 0.6) is 0 Å². The summed E-state index contributed by atoms with van der Waals surface area (Å²) in [6.07, 6.45) is 5.70. The molecule has 2 aromatic heterocycles. The minimum Gasteiger partial charge on any atom is -0.337 e. The highest BCUT2D eigenvalue weighted by Crippen LogP contribution is 2.38. The van der Waals surface area contributed by atoms with Gasteiger partial charge in [0, 0.05) is 29.1 Å². The Morgan fingerprint density at radius 1 is 0.760 bits per heavy atom. The van der Waals surface area contributed by atoms with Crippen LogP contribution in [0.1, 0.15) is 11.1 Å². The molecule has 120 valence electrons. The van der Waals surface area contributed by atoms with Crippen LogP contribution in [0, 0.1) is 0 Å². The number of benzene rings is 2. The summed E-state index contributed by atoms with van der Waals surface area (Å²) >= 11 is 0. The molecule has 0 aliphatic heterocycles. The number of H-pyrrole nitrogens is 1. The van der Waals surface area contributed by atoms with Crippen molar-refractivity contribution < 1.29 is 0 Å². The van der Waals surface area contributed by atoms with E-state index in [0.29, 0.717) is 0 Å². The minimum absolute atomic E-state index is 0.865. The van der Waals surface area contributed by atoms with Crippen molar-refractivity contribution in [2.75, 3.05) is 0 Å². The van der Waals surface area contributed by atoms with E-state index in [1.165, 1.54) is 22.3 Å². The predicted molar refractivity (Wildman–Crippen MR) is 100 cm³/mol. The highest BCUT2D eigenvalue weighted by molar-refractivity contribution is 5.84. The molecule has 1 aliphatic rings. The summed E-state index contributed by atoms with van der Waals surface area (Å²) in [5.41, 5.74) is 8.31. The Bertz CT molecular complexity index is 983. The molecule has 0 spiro atoms. The summed E-state index contributed by atoms with van der Waals surface area (Å²) in [7, 11) is 0. The molecule has 5 rings (SSSR count). The number of aryl methyl sites for hydroxylation is 2. The molecule has 3 heteroatoms. The fourth-order valence-electron chi connectivity index (χ4n) is 3.62. The van der Waals surface area contributed by atoms with Crippen molar-refractivity contribution in [2.45, 2.75) is 12.8 Å². The topological polar surface area (TPSA) is 41.6 Å². The number of hydrogen-bond acceptors (Lipinski definition) is 2. The zero-order chi connectivity index (χ0) is 16.6. The van der Waals surface area contributed by atoms with Crippen LogP contribution in [0.25, 0.3) is 33.9 Å². The molecule has 0 saturated carbocycles. The first-order valence-corrected chi connectivity index (χ1v) is 8.57. The van der Waals surface area contributed by atoms with Gasteiger partial charge in [0.2, 0.25) is 0 Å². The Morgan fingerprint density at radius 3 is 2.24 bits per heavy atom. The Kier molecular flexibility index (Phi) is 3.23. The monoisotopic (exact) mass is 323 g/mol. The van der Waals surface area contributed by atoms with Crippen molar-refractivity contribution in [3.05, 3.63) is 84.2 Å². The summed E-state index contributed by atoms with van der Waals surface area (Å²) in [6, 6.07) is 21.2. The third-order valence-electron chi connectivity index (χ3n) is 4.86. The van der Waals surface area contributed by atoms with Gasteiger partial charge >= 0.3 is 0 Å². The third-order valence-corrected chi connectivity index (χ3v) is 4.86. The number of nitrogens with one attached hydrogen (secondary N) is 1. The van der Waals surface area contributed by atoms with Gasteiger partial charge in [0.05, 0.1) is 11.4 Å². The average Bonchev–Trinajstić information content (AvgIpc) is 3.11. The van der Waals surface area contributed by atoms with Gasteiger partial charge in [0.25, 0.3) is 0 Å². The molecule has 1 N–H and O–H groups in total. The third kappa shape index (κ3) is 2.36. The fourth-order valence-corrected chi connectivity index (χ4v) is 3.62. The summed E-state index contributed by atoms with van der Waals surface area (Å²) in [4.78, 5) is 12.8. The molecule has 0 saturated heterocycles. The Hall–Kier alpha value is -3.20. The van der Waals surface area contributed by atoms with E-state index in [9.17, 15) is 0 Å². The lowest BCUT2D eigenvalue weighted by atomic mass is 9.89. The maximum absolute atomic E-state index is 4.97. The van der Waals surface area contributed by atoms with Gasteiger partial charge in [0.15, 0.2) is 0 Å². The smallest absolute Gasteiger partial charge is 0.140 e. The molecule has 4 aromatic rings. The lowest BCUT2D eigenvalue weighted by Gasteiger charge is -2.16. The summed E-state index contributed by atoms with van der Waals surface area (Å²) < 4.78 is 0. The number of aromatic nitrogens is 3. The first-order valence-electron chi connectivity index (χ1n) is 8.57. The fraction of sp³-hybridized carbons (Fsp3) is 0.0909. The van der Waals surface area contributed by atoms with E-state index in [2.05, 4.69) is 58.5 Å². The van der Waals surface area contributed by atoms with E-state index in [1.807, 2.05) is 18.3 Å². The molecule has 0 amide bonds. The van der Waals surface area contributed by atoms with Gasteiger partial charge in [-0.1, -0.05) is 48.5 Å². The summed E-state index contributed by atoms with van der Waals surface area (Å²) in [6.45, 7) is 0. The van der Waals surface area contributed by atoms with Gasteiger partial charge in [-0.2, -0.15) is 0 Å². The van der Waals surface area contributed by atoms with Crippen LogP contribution in [-0.4, -0.2) is 15.0 Å². The SMILES string of the molecule is c1cncc(-c2nc3c([nH]2)-c2ccccc2CCc2ccccc2-3)c1. The molecule has 0 radical (unpaired) electrons. The van der Waals surface area contributed by atoms with Crippen LogP contribution >= 0.6 is 0 Å². The van der Waals surface area contributed by atoms with Gasteiger partial charge in [-0.15, -0.1) is 0 Å². The normalized spacial score (nSPS) is 12.5. The first-order chi connectivity index (χ1) is 12.4. The maximum Gasteiger partial charge on any atom is 0.140 e. The van der Waals surface area contributed by atoms with Crippen LogP contribution < -0.4 is 0 Å². The molecule has 1 aliphatic carbocycles. The van der Waals surface area contributed by atoms with Crippen LogP contribution in [0.2, 0.25) is 0 Å². The first kappa shape index (κ1) is 14.2. The van der Waals surface area contributed by atoms with Crippen LogP contribution in [-0.2, 0) is 12.8 Å². The number of imidazole rings is 1. The van der Waals surface area contributed by atoms with E-state index in [4.69, 9.17) is 4.98 Å². The lowest BCUT2D eigenvalue weighted by Crippen LogP contribution is -2.01. The predicted octanol–water partition coefficient (Wildman–Crippen LogP) is 4.90. The highest BCUT2D eigenvalue weighted by atomic mass is 14.9. The van der Waals surface area contributed by atoms with Crippen molar-refractivity contribution in [1.29, 1.82) is 0 Å². The van der Waals surface area contributed by atoms with Gasteiger partial charge in [0.1, 0.15) is 5.82 Å². The number of fused-ring (bicyclic) bond motifs is 5. The summed E-state index contributed by atoms with van der Waals surface area (Å²) in [5, 5.41) is 0. The van der Waals surface area contributed by atoms with E-state index >= 15 is 0 Å². The number of aromatic amines is 1. The molecule has 25 heavy (non-hydrogen) atoms. The van der Waals surface area contributed by atoms with E-state index in [-0.39, 0.29) is 0 Å². The number of hydrogen-bond donors (Lipinski definition) is 1.